The predicted molar refractivity (Wildman–Crippen MR) is 84.6 cm³/mol. The molecule has 1 aromatic rings. The number of hydrogen-bond acceptors (Lipinski definition) is 4. The van der Waals surface area contributed by atoms with Gasteiger partial charge in [0, 0.05) is 33.4 Å². The van der Waals surface area contributed by atoms with Gasteiger partial charge in [0.1, 0.15) is 0 Å². The van der Waals surface area contributed by atoms with Crippen molar-refractivity contribution in [1.82, 2.24) is 4.90 Å². The molecule has 2 rings (SSSR count). The lowest BCUT2D eigenvalue weighted by molar-refractivity contribution is -0.0756. The monoisotopic (exact) mass is 346 g/mol. The predicted octanol–water partition coefficient (Wildman–Crippen LogP) is 3.40. The van der Waals surface area contributed by atoms with Crippen LogP contribution in [0.15, 0.2) is 15.9 Å². The van der Waals surface area contributed by atoms with E-state index in [1.165, 1.54) is 4.88 Å². The average Bonchev–Trinajstić information content (AvgIpc) is 2.76. The Bertz CT molecular complexity index is 410. The molecule has 2 N–H and O–H groups in total. The molecule has 0 radical (unpaired) electrons. The molecule has 1 fully saturated rings. The van der Waals surface area contributed by atoms with Gasteiger partial charge in [0.05, 0.1) is 18.8 Å². The van der Waals surface area contributed by atoms with Crippen molar-refractivity contribution in [3.05, 3.63) is 20.8 Å². The van der Waals surface area contributed by atoms with Crippen LogP contribution in [0.4, 0.5) is 0 Å². The van der Waals surface area contributed by atoms with Crippen LogP contribution in [-0.2, 0) is 4.74 Å². The van der Waals surface area contributed by atoms with Gasteiger partial charge in [0.25, 0.3) is 0 Å². The first-order chi connectivity index (χ1) is 9.02. The van der Waals surface area contributed by atoms with E-state index in [1.807, 2.05) is 0 Å². The first kappa shape index (κ1) is 15.4. The van der Waals surface area contributed by atoms with E-state index in [4.69, 9.17) is 10.5 Å². The summed E-state index contributed by atoms with van der Waals surface area (Å²) < 4.78 is 6.94. The summed E-state index contributed by atoms with van der Waals surface area (Å²) in [5.41, 5.74) is 6.28. The molecule has 0 bridgehead atoms. The third-order valence-electron chi connectivity index (χ3n) is 3.72. The number of halogens is 1. The van der Waals surface area contributed by atoms with Gasteiger partial charge in [-0.15, -0.1) is 11.3 Å². The molecule has 4 atom stereocenters. The third kappa shape index (κ3) is 3.58. The van der Waals surface area contributed by atoms with E-state index in [0.717, 1.165) is 24.0 Å². The van der Waals surface area contributed by atoms with Crippen molar-refractivity contribution in [2.75, 3.05) is 13.2 Å². The Labute approximate surface area is 128 Å². The topological polar surface area (TPSA) is 38.5 Å². The molecule has 3 nitrogen and oxygen atoms in total. The van der Waals surface area contributed by atoms with Crippen molar-refractivity contribution < 1.29 is 4.74 Å². The summed E-state index contributed by atoms with van der Waals surface area (Å²) in [6.45, 7) is 8.24. The standard InChI is InChI=1S/C14H23BrN2OS/c1-4-12-7-18-9(2)6-17(12)14(10(3)16)13-5-11(15)8-19-13/h5,8-10,12,14H,4,6-7,16H2,1-3H3. The molecule has 0 aromatic carbocycles. The Morgan fingerprint density at radius 2 is 2.37 bits per heavy atom. The summed E-state index contributed by atoms with van der Waals surface area (Å²) in [5, 5.41) is 2.13. The van der Waals surface area contributed by atoms with Gasteiger partial charge in [-0.2, -0.15) is 0 Å². The molecule has 0 amide bonds. The Morgan fingerprint density at radius 1 is 1.63 bits per heavy atom. The molecule has 0 spiro atoms. The Kier molecular flexibility index (Phi) is 5.43. The van der Waals surface area contributed by atoms with E-state index < -0.39 is 0 Å². The van der Waals surface area contributed by atoms with Crippen molar-refractivity contribution in [1.29, 1.82) is 0 Å². The fraction of sp³-hybridized carbons (Fsp3) is 0.714. The normalized spacial score (nSPS) is 28.3. The van der Waals surface area contributed by atoms with Gasteiger partial charge in [-0.3, -0.25) is 4.90 Å². The van der Waals surface area contributed by atoms with E-state index >= 15 is 0 Å². The zero-order valence-electron chi connectivity index (χ0n) is 11.8. The summed E-state index contributed by atoms with van der Waals surface area (Å²) >= 11 is 5.33. The highest BCUT2D eigenvalue weighted by Crippen LogP contribution is 2.34. The number of nitrogens with two attached hydrogens (primary N) is 1. The molecule has 2 heterocycles. The number of hydrogen-bond donors (Lipinski definition) is 1. The Morgan fingerprint density at radius 3 is 2.89 bits per heavy atom. The Balaban J connectivity index is 2.26. The number of nitrogens with zero attached hydrogens (tertiary/aromatic N) is 1. The molecule has 1 aromatic heterocycles. The highest BCUT2D eigenvalue weighted by atomic mass is 79.9. The van der Waals surface area contributed by atoms with E-state index in [9.17, 15) is 0 Å². The van der Waals surface area contributed by atoms with Gasteiger partial charge in [0.15, 0.2) is 0 Å². The maximum Gasteiger partial charge on any atom is 0.0675 e. The maximum atomic E-state index is 6.28. The molecule has 108 valence electrons. The number of morpholine rings is 1. The number of thiophene rings is 1. The second-order valence-electron chi connectivity index (χ2n) is 5.37. The zero-order valence-corrected chi connectivity index (χ0v) is 14.2. The highest BCUT2D eigenvalue weighted by Gasteiger charge is 2.34. The van der Waals surface area contributed by atoms with Crippen molar-refractivity contribution >= 4 is 27.3 Å². The molecule has 0 aliphatic carbocycles. The van der Waals surface area contributed by atoms with E-state index in [0.29, 0.717) is 6.04 Å². The fourth-order valence-corrected chi connectivity index (χ4v) is 4.45. The SMILES string of the molecule is CCC1COC(C)CN1C(c1cc(Br)cs1)C(C)N. The molecule has 1 aliphatic heterocycles. The van der Waals surface area contributed by atoms with Crippen molar-refractivity contribution in [3.63, 3.8) is 0 Å². The van der Waals surface area contributed by atoms with Crippen LogP contribution in [0.3, 0.4) is 0 Å². The summed E-state index contributed by atoms with van der Waals surface area (Å²) in [4.78, 5) is 3.88. The third-order valence-corrected chi connectivity index (χ3v) is 5.48. The van der Waals surface area contributed by atoms with Gasteiger partial charge in [0.2, 0.25) is 0 Å². The first-order valence-electron chi connectivity index (χ1n) is 6.89. The van der Waals surface area contributed by atoms with Crippen LogP contribution in [0.25, 0.3) is 0 Å². The van der Waals surface area contributed by atoms with Crippen molar-refractivity contribution in [2.24, 2.45) is 5.73 Å². The minimum atomic E-state index is 0.116. The minimum Gasteiger partial charge on any atom is -0.376 e. The van der Waals surface area contributed by atoms with E-state index in [2.05, 4.69) is 53.0 Å². The summed E-state index contributed by atoms with van der Waals surface area (Å²) in [6.07, 6.45) is 1.38. The van der Waals surface area contributed by atoms with Crippen molar-refractivity contribution in [2.45, 2.75) is 51.4 Å². The molecule has 1 saturated heterocycles. The molecule has 5 heteroatoms. The first-order valence-corrected chi connectivity index (χ1v) is 8.57. The van der Waals surface area contributed by atoms with Gasteiger partial charge in [-0.1, -0.05) is 6.92 Å². The lowest BCUT2D eigenvalue weighted by Gasteiger charge is -2.44. The highest BCUT2D eigenvalue weighted by molar-refractivity contribution is 9.10. The van der Waals surface area contributed by atoms with E-state index in [1.54, 1.807) is 11.3 Å². The van der Waals surface area contributed by atoms with Crippen LogP contribution in [0.1, 0.15) is 38.1 Å². The van der Waals surface area contributed by atoms with Gasteiger partial charge < -0.3 is 10.5 Å². The lowest BCUT2D eigenvalue weighted by Crippen LogP contribution is -2.53. The minimum absolute atomic E-state index is 0.116. The lowest BCUT2D eigenvalue weighted by atomic mass is 10.0. The molecular formula is C14H23BrN2OS. The maximum absolute atomic E-state index is 6.28. The van der Waals surface area contributed by atoms with Crippen LogP contribution >= 0.6 is 27.3 Å². The summed E-state index contributed by atoms with van der Waals surface area (Å²) in [6, 6.07) is 3.07. The van der Waals surface area contributed by atoms with Crippen LogP contribution in [-0.4, -0.2) is 36.2 Å². The van der Waals surface area contributed by atoms with Crippen LogP contribution in [0.5, 0.6) is 0 Å². The smallest absolute Gasteiger partial charge is 0.0675 e. The quantitative estimate of drug-likeness (QED) is 0.907. The summed E-state index contributed by atoms with van der Waals surface area (Å²) in [7, 11) is 0. The molecule has 19 heavy (non-hydrogen) atoms. The molecule has 4 unspecified atom stereocenters. The second-order valence-corrected chi connectivity index (χ2v) is 7.23. The van der Waals surface area contributed by atoms with Gasteiger partial charge in [-0.25, -0.2) is 0 Å². The van der Waals surface area contributed by atoms with E-state index in [-0.39, 0.29) is 18.2 Å². The van der Waals surface area contributed by atoms with Crippen LogP contribution in [0.2, 0.25) is 0 Å². The fourth-order valence-electron chi connectivity index (χ4n) is 2.77. The molecule has 0 saturated carbocycles. The van der Waals surface area contributed by atoms with Crippen LogP contribution in [0, 0.1) is 0 Å². The summed E-state index contributed by atoms with van der Waals surface area (Å²) in [5.74, 6) is 0. The average molecular weight is 347 g/mol. The van der Waals surface area contributed by atoms with Gasteiger partial charge in [-0.05, 0) is 42.3 Å². The molecule has 1 aliphatic rings. The zero-order chi connectivity index (χ0) is 14.0. The van der Waals surface area contributed by atoms with Crippen LogP contribution < -0.4 is 5.73 Å². The molecular weight excluding hydrogens is 324 g/mol. The second kappa shape index (κ2) is 6.68. The number of rotatable bonds is 4. The Hall–Kier alpha value is 0.0600. The number of ether oxygens (including phenoxy) is 1. The van der Waals surface area contributed by atoms with Gasteiger partial charge >= 0.3 is 0 Å². The largest absolute Gasteiger partial charge is 0.376 e. The van der Waals surface area contributed by atoms with Crippen molar-refractivity contribution in [3.8, 4) is 0 Å².